The average molecular weight is 393 g/mol. The van der Waals surface area contributed by atoms with E-state index in [-0.39, 0.29) is 36.7 Å². The second kappa shape index (κ2) is 9.12. The molecule has 0 bridgehead atoms. The molecule has 0 spiro atoms. The molecule has 0 saturated heterocycles. The van der Waals surface area contributed by atoms with Crippen LogP contribution in [0.25, 0.3) is 0 Å². The summed E-state index contributed by atoms with van der Waals surface area (Å²) in [5.41, 5.74) is 6.26. The number of hydrogen-bond donors (Lipinski definition) is 3. The molecule has 1 aromatic carbocycles. The van der Waals surface area contributed by atoms with Crippen LogP contribution in [0.3, 0.4) is 0 Å². The summed E-state index contributed by atoms with van der Waals surface area (Å²) in [6, 6.07) is 7.17. The Morgan fingerprint density at radius 1 is 1.27 bits per heavy atom. The molecule has 0 saturated carbocycles. The SMILES string of the molecule is CC(=O)NC(CC(=O)NCC(C)(C)N)c1ccc(Br)cc1.Cl. The van der Waals surface area contributed by atoms with E-state index in [4.69, 9.17) is 5.73 Å². The molecule has 0 radical (unpaired) electrons. The fourth-order valence-corrected chi connectivity index (χ4v) is 2.04. The maximum Gasteiger partial charge on any atom is 0.222 e. The minimum atomic E-state index is -0.462. The second-order valence-electron chi connectivity index (χ2n) is 5.77. The zero-order valence-corrected chi connectivity index (χ0v) is 15.4. The smallest absolute Gasteiger partial charge is 0.222 e. The Hall–Kier alpha value is -1.11. The third kappa shape index (κ3) is 8.36. The van der Waals surface area contributed by atoms with E-state index in [1.54, 1.807) is 0 Å². The van der Waals surface area contributed by atoms with Gasteiger partial charge in [-0.15, -0.1) is 12.4 Å². The van der Waals surface area contributed by atoms with Gasteiger partial charge in [-0.2, -0.15) is 0 Å². The molecule has 5 nitrogen and oxygen atoms in total. The van der Waals surface area contributed by atoms with Crippen molar-refractivity contribution < 1.29 is 9.59 Å². The van der Waals surface area contributed by atoms with Crippen molar-refractivity contribution in [1.82, 2.24) is 10.6 Å². The number of rotatable bonds is 6. The quantitative estimate of drug-likeness (QED) is 0.694. The summed E-state index contributed by atoms with van der Waals surface area (Å²) < 4.78 is 0.946. The van der Waals surface area contributed by atoms with Crippen LogP contribution in [0.1, 0.15) is 38.8 Å². The summed E-state index contributed by atoms with van der Waals surface area (Å²) in [5, 5.41) is 5.58. The van der Waals surface area contributed by atoms with Crippen LogP contribution in [-0.4, -0.2) is 23.9 Å². The Balaban J connectivity index is 0.00000441. The molecule has 0 heterocycles. The summed E-state index contributed by atoms with van der Waals surface area (Å²) in [4.78, 5) is 23.3. The molecule has 0 fully saturated rings. The summed E-state index contributed by atoms with van der Waals surface area (Å²) in [5.74, 6) is -0.315. The minimum absolute atomic E-state index is 0. The molecule has 1 unspecified atom stereocenters. The van der Waals surface area contributed by atoms with Crippen molar-refractivity contribution in [2.24, 2.45) is 5.73 Å². The Kier molecular flexibility index (Phi) is 8.66. The van der Waals surface area contributed by atoms with Crippen LogP contribution in [0.5, 0.6) is 0 Å². The highest BCUT2D eigenvalue weighted by Gasteiger charge is 2.18. The Morgan fingerprint density at radius 3 is 2.27 bits per heavy atom. The van der Waals surface area contributed by atoms with E-state index in [0.29, 0.717) is 6.54 Å². The molecule has 1 atom stereocenters. The van der Waals surface area contributed by atoms with E-state index in [9.17, 15) is 9.59 Å². The van der Waals surface area contributed by atoms with Crippen LogP contribution in [0, 0.1) is 0 Å². The predicted molar refractivity (Wildman–Crippen MR) is 93.8 cm³/mol. The van der Waals surface area contributed by atoms with E-state index in [1.807, 2.05) is 38.1 Å². The largest absolute Gasteiger partial charge is 0.354 e. The molecule has 2 amide bonds. The number of carbonyl (C=O) groups excluding carboxylic acids is 2. The zero-order valence-electron chi connectivity index (χ0n) is 13.0. The van der Waals surface area contributed by atoms with Gasteiger partial charge in [0, 0.05) is 23.5 Å². The van der Waals surface area contributed by atoms with Gasteiger partial charge in [0.2, 0.25) is 11.8 Å². The van der Waals surface area contributed by atoms with Crippen LogP contribution < -0.4 is 16.4 Å². The van der Waals surface area contributed by atoms with Gasteiger partial charge in [-0.1, -0.05) is 28.1 Å². The number of nitrogens with one attached hydrogen (secondary N) is 2. The van der Waals surface area contributed by atoms with Crippen molar-refractivity contribution in [1.29, 1.82) is 0 Å². The van der Waals surface area contributed by atoms with Gasteiger partial charge in [0.05, 0.1) is 12.5 Å². The summed E-state index contributed by atoms with van der Waals surface area (Å²) >= 11 is 3.36. The molecule has 0 aliphatic carbocycles. The van der Waals surface area contributed by atoms with Crippen molar-refractivity contribution in [2.75, 3.05) is 6.54 Å². The van der Waals surface area contributed by atoms with Gasteiger partial charge in [0.15, 0.2) is 0 Å². The fourth-order valence-electron chi connectivity index (χ4n) is 1.78. The molecule has 0 aliphatic rings. The average Bonchev–Trinajstić information content (AvgIpc) is 2.35. The van der Waals surface area contributed by atoms with Crippen molar-refractivity contribution in [2.45, 2.75) is 38.8 Å². The monoisotopic (exact) mass is 391 g/mol. The third-order valence-electron chi connectivity index (χ3n) is 2.78. The Labute approximate surface area is 145 Å². The fraction of sp³-hybridized carbons (Fsp3) is 0.467. The lowest BCUT2D eigenvalue weighted by molar-refractivity contribution is -0.123. The standard InChI is InChI=1S/C15H22BrN3O2.ClH/c1-10(20)19-13(11-4-6-12(16)7-5-11)8-14(21)18-9-15(2,3)17;/h4-7,13H,8-9,17H2,1-3H3,(H,18,21)(H,19,20);1H. The predicted octanol–water partition coefficient (Wildman–Crippen LogP) is 2.29. The van der Waals surface area contributed by atoms with Gasteiger partial charge in [-0.3, -0.25) is 9.59 Å². The van der Waals surface area contributed by atoms with Crippen molar-refractivity contribution in [3.8, 4) is 0 Å². The summed E-state index contributed by atoms with van der Waals surface area (Å²) in [7, 11) is 0. The molecule has 124 valence electrons. The van der Waals surface area contributed by atoms with Gasteiger partial charge in [-0.25, -0.2) is 0 Å². The molecule has 4 N–H and O–H groups in total. The zero-order chi connectivity index (χ0) is 16.0. The first-order valence-electron chi connectivity index (χ1n) is 6.75. The molecular weight excluding hydrogens is 370 g/mol. The molecule has 1 rings (SSSR count). The molecule has 0 aliphatic heterocycles. The number of hydrogen-bond acceptors (Lipinski definition) is 3. The third-order valence-corrected chi connectivity index (χ3v) is 3.31. The lowest BCUT2D eigenvalue weighted by atomic mass is 10.0. The van der Waals surface area contributed by atoms with E-state index in [1.165, 1.54) is 6.92 Å². The number of amides is 2. The number of benzene rings is 1. The number of carbonyl (C=O) groups is 2. The first-order chi connectivity index (χ1) is 9.67. The summed E-state index contributed by atoms with van der Waals surface area (Å²) in [6.07, 6.45) is 0.178. The lowest BCUT2D eigenvalue weighted by Gasteiger charge is -2.21. The maximum atomic E-state index is 12.0. The Bertz CT molecular complexity index is 501. The molecule has 7 heteroatoms. The van der Waals surface area contributed by atoms with Crippen molar-refractivity contribution in [3.05, 3.63) is 34.3 Å². The lowest BCUT2D eigenvalue weighted by Crippen LogP contribution is -2.45. The molecule has 22 heavy (non-hydrogen) atoms. The molecule has 1 aromatic rings. The normalized spacial score (nSPS) is 12.0. The highest BCUT2D eigenvalue weighted by Crippen LogP contribution is 2.19. The number of nitrogens with two attached hydrogens (primary N) is 1. The topological polar surface area (TPSA) is 84.2 Å². The van der Waals surface area contributed by atoms with Gasteiger partial charge < -0.3 is 16.4 Å². The van der Waals surface area contributed by atoms with Gasteiger partial charge in [0.25, 0.3) is 0 Å². The van der Waals surface area contributed by atoms with Gasteiger partial charge in [-0.05, 0) is 31.5 Å². The minimum Gasteiger partial charge on any atom is -0.354 e. The van der Waals surface area contributed by atoms with Gasteiger partial charge in [0.1, 0.15) is 0 Å². The van der Waals surface area contributed by atoms with E-state index in [0.717, 1.165) is 10.0 Å². The number of halogens is 2. The first kappa shape index (κ1) is 20.9. The van der Waals surface area contributed by atoms with Gasteiger partial charge >= 0.3 is 0 Å². The Morgan fingerprint density at radius 2 is 1.82 bits per heavy atom. The van der Waals surface area contributed by atoms with Crippen LogP contribution in [-0.2, 0) is 9.59 Å². The van der Waals surface area contributed by atoms with E-state index < -0.39 is 5.54 Å². The van der Waals surface area contributed by atoms with Crippen LogP contribution in [0.2, 0.25) is 0 Å². The van der Waals surface area contributed by atoms with Crippen LogP contribution in [0.4, 0.5) is 0 Å². The van der Waals surface area contributed by atoms with Crippen LogP contribution in [0.15, 0.2) is 28.7 Å². The second-order valence-corrected chi connectivity index (χ2v) is 6.69. The molecular formula is C15H23BrClN3O2. The highest BCUT2D eigenvalue weighted by atomic mass is 79.9. The van der Waals surface area contributed by atoms with E-state index in [2.05, 4.69) is 26.6 Å². The van der Waals surface area contributed by atoms with Crippen molar-refractivity contribution >= 4 is 40.2 Å². The van der Waals surface area contributed by atoms with E-state index >= 15 is 0 Å². The molecule has 0 aromatic heterocycles. The van der Waals surface area contributed by atoms with Crippen LogP contribution >= 0.6 is 28.3 Å². The first-order valence-corrected chi connectivity index (χ1v) is 7.55. The summed E-state index contributed by atoms with van der Waals surface area (Å²) in [6.45, 7) is 5.51. The highest BCUT2D eigenvalue weighted by molar-refractivity contribution is 9.10. The maximum absolute atomic E-state index is 12.0. The van der Waals surface area contributed by atoms with Crippen molar-refractivity contribution in [3.63, 3.8) is 0 Å².